The first-order valence-corrected chi connectivity index (χ1v) is 26.7. The highest BCUT2D eigenvalue weighted by atomic mass is 19.5. The molecule has 0 fully saturated rings. The predicted molar refractivity (Wildman–Crippen MR) is 241 cm³/mol. The molecule has 0 spiro atoms. The number of rotatable bonds is 37. The average Bonchev–Trinajstić information content (AvgIpc) is 0.716. The molecule has 0 aromatic heterocycles. The zero-order valence-corrected chi connectivity index (χ0v) is 51.8. The molecule has 114 heavy (non-hydrogen) atoms. The highest BCUT2D eigenvalue weighted by molar-refractivity contribution is 5.45. The molecule has 0 unspecified atom stereocenters. The molecule has 0 heterocycles. The molecule has 6 nitrogen and oxygen atoms in total. The third kappa shape index (κ3) is 15.4. The summed E-state index contributed by atoms with van der Waals surface area (Å²) in [5.41, 5.74) is -4.07. The van der Waals surface area contributed by atoms with E-state index in [4.69, 9.17) is 0 Å². The second-order valence-corrected chi connectivity index (χ2v) is 22.5. The van der Waals surface area contributed by atoms with E-state index in [9.17, 15) is 228 Å². The minimum absolute atomic E-state index is 0.0321. The van der Waals surface area contributed by atoms with Gasteiger partial charge in [-0.1, -0.05) is 0 Å². The smallest absolute Gasteiger partial charge is 0.460 e. The number of nitrogens with one attached hydrogen (secondary N) is 2. The molecule has 2 N–H and O–H groups in total. The molecule has 66 heteroatoms. The van der Waals surface area contributed by atoms with E-state index >= 15 is 35.1 Å². The molecule has 2 aromatic rings. The second-order valence-electron chi connectivity index (χ2n) is 22.5. The second kappa shape index (κ2) is 29.1. The number of benzene rings is 2. The Balaban J connectivity index is 3.37. The zero-order chi connectivity index (χ0) is 91.9. The van der Waals surface area contributed by atoms with Gasteiger partial charge in [-0.15, -0.1) is 0 Å². The van der Waals surface area contributed by atoms with Crippen molar-refractivity contribution in [3.63, 3.8) is 0 Å². The van der Waals surface area contributed by atoms with Crippen LogP contribution in [0.25, 0.3) is 0 Å². The summed E-state index contributed by atoms with van der Waals surface area (Å²) in [6.45, 7) is -17.4. The predicted octanol–water partition coefficient (Wildman–Crippen LogP) is 21.9. The summed E-state index contributed by atoms with van der Waals surface area (Å²) in [5, 5.41) is 2.96. The maximum absolute atomic E-state index is 15.1. The first-order chi connectivity index (χ1) is 49.2. The van der Waals surface area contributed by atoms with Crippen molar-refractivity contribution in [2.24, 2.45) is 0 Å². The first-order valence-electron chi connectivity index (χ1n) is 26.7. The van der Waals surface area contributed by atoms with Gasteiger partial charge in [0, 0.05) is 12.1 Å². The Hall–Kier alpha value is -6.64. The van der Waals surface area contributed by atoms with E-state index in [-0.39, 0.29) is 14.1 Å². The molecular formula is C48H24F60N2O4. The summed E-state index contributed by atoms with van der Waals surface area (Å²) in [6, 6.07) is -11.4. The zero-order valence-electron chi connectivity index (χ0n) is 51.8. The van der Waals surface area contributed by atoms with Crippen molar-refractivity contribution in [1.29, 1.82) is 0 Å². The lowest BCUT2D eigenvalue weighted by Gasteiger charge is -2.41. The average molecular weight is 1830 g/mol. The van der Waals surface area contributed by atoms with Crippen LogP contribution in [0.3, 0.4) is 0 Å². The number of likely N-dealkylation sites (N-methyl/N-ethyl adjacent to an activating group) is 2. The highest BCUT2D eigenvalue weighted by Gasteiger charge is 2.98. The molecule has 2 rings (SSSR count). The third-order valence-electron chi connectivity index (χ3n) is 14.7. The Kier molecular flexibility index (Phi) is 26.4. The van der Waals surface area contributed by atoms with Gasteiger partial charge in [0.15, 0.2) is 26.4 Å². The molecular weight excluding hydrogens is 1810 g/mol. The van der Waals surface area contributed by atoms with Crippen molar-refractivity contribution in [3.05, 3.63) is 47.5 Å². The fourth-order valence-electron chi connectivity index (χ4n) is 7.99. The Labute approximate surface area is 583 Å². The van der Waals surface area contributed by atoms with Crippen LogP contribution in [0.4, 0.5) is 263 Å². The molecule has 670 valence electrons. The van der Waals surface area contributed by atoms with E-state index in [2.05, 4.69) is 18.9 Å². The number of hydrogen-bond acceptors (Lipinski definition) is 6. The largest absolute Gasteiger partial charge is 0.487 e. The van der Waals surface area contributed by atoms with Gasteiger partial charge < -0.3 is 29.6 Å². The van der Waals surface area contributed by atoms with E-state index in [0.717, 1.165) is 0 Å². The van der Waals surface area contributed by atoms with Crippen LogP contribution in [0.2, 0.25) is 0 Å². The van der Waals surface area contributed by atoms with Crippen LogP contribution in [0.1, 0.15) is 23.2 Å². The van der Waals surface area contributed by atoms with Crippen LogP contribution in [-0.2, 0) is 0 Å². The van der Waals surface area contributed by atoms with Gasteiger partial charge in [0.25, 0.3) is 0 Å². The minimum Gasteiger partial charge on any atom is -0.487 e. The van der Waals surface area contributed by atoms with Gasteiger partial charge in [-0.3, -0.25) is 0 Å². The monoisotopic (exact) mass is 1830 g/mol. The van der Waals surface area contributed by atoms with E-state index in [0.29, 0.717) is 0 Å². The lowest BCUT2D eigenvalue weighted by Crippen LogP contribution is -2.73. The van der Waals surface area contributed by atoms with Crippen LogP contribution in [-0.4, -0.2) is 207 Å². The molecule has 0 radical (unpaired) electrons. The number of halogens is 60. The van der Waals surface area contributed by atoms with Gasteiger partial charge >= 0.3 is 167 Å². The number of ether oxygens (including phenoxy) is 4. The highest BCUT2D eigenvalue weighted by Crippen LogP contribution is 2.68. The lowest BCUT2D eigenvalue weighted by atomic mass is 9.91. The SMILES string of the molecule is CN[C@@H](c1cc(OCC(F)(F)C(F)(F)C(F)(F)C(F)(F)C(F)(F)C(F)(F)C(F)(F)F)cc(OCC(F)(F)C(F)(F)C(F)(F)C(F)(F)C(F)(F)C(F)(F)C(F)(F)F)c1)[C@@H](NC)c1cc(OCC(F)(F)C(F)(F)C(F)(F)C(F)(F)C(F)(F)C(F)(F)C(F)(F)F)cc(OCC(F)(F)C(F)(F)C(F)(F)C(F)(F)C(F)(F)C(F)(F)C(F)(F)F)c1. The van der Waals surface area contributed by atoms with E-state index < -0.39 is 276 Å². The Bertz CT molecular complexity index is 3200. The quantitative estimate of drug-likeness (QED) is 0.0658. The number of alkyl halides is 60. The molecule has 0 aliphatic heterocycles. The Morgan fingerprint density at radius 2 is 0.298 bits per heavy atom. The van der Waals surface area contributed by atoms with Gasteiger partial charge in [-0.25, -0.2) is 0 Å². The van der Waals surface area contributed by atoms with Crippen molar-refractivity contribution in [1.82, 2.24) is 10.6 Å². The Morgan fingerprint density at radius 3 is 0.412 bits per heavy atom. The van der Waals surface area contributed by atoms with E-state index in [1.54, 1.807) is 0 Å². The third-order valence-corrected chi connectivity index (χ3v) is 14.7. The normalized spacial score (nSPS) is 16.6. The molecule has 0 saturated carbocycles. The van der Waals surface area contributed by atoms with Crippen LogP contribution >= 0.6 is 0 Å². The summed E-state index contributed by atoms with van der Waals surface area (Å²) < 4.78 is 854. The van der Waals surface area contributed by atoms with Gasteiger partial charge in [0.2, 0.25) is 0 Å². The maximum atomic E-state index is 15.1. The fraction of sp³-hybridized carbons (Fsp3) is 0.750. The van der Waals surface area contributed by atoms with Crippen LogP contribution in [0.15, 0.2) is 36.4 Å². The van der Waals surface area contributed by atoms with Crippen molar-refractivity contribution in [2.45, 2.75) is 179 Å². The maximum Gasteiger partial charge on any atom is 0.460 e. The molecule has 2 atom stereocenters. The summed E-state index contributed by atoms with van der Waals surface area (Å²) in [4.78, 5) is 0. The lowest BCUT2D eigenvalue weighted by molar-refractivity contribution is -0.453. The standard InChI is InChI=1S/C48H24F60N2O4/c1-109-19(13-3-15(111-9-21(49,50)25(57,58)29(65,66)33(73,74)37(81,82)41(89,90)45(97,98)99)7-16(4-13)112-10-22(51,52)26(59,60)30(67,68)34(75,76)38(83,84)42(91,92)46(100,101)102)20(110-2)14-5-17(113-11-23(53,54)27(61,62)31(69,70)35(77,78)39(85,86)43(93,94)47(103,104)105)8-18(6-14)114-12-24(55,56)28(63,64)32(71,72)36(79,80)40(87,88)44(95,96)48(106,107)108/h3-8,19-20,109-110H,9-12H2,1-2H3/t19-,20-/m0/s1. The van der Waals surface area contributed by atoms with Crippen LogP contribution in [0.5, 0.6) is 23.0 Å². The molecule has 0 amide bonds. The fourth-order valence-corrected chi connectivity index (χ4v) is 7.99. The van der Waals surface area contributed by atoms with E-state index in [1.165, 1.54) is 10.6 Å². The van der Waals surface area contributed by atoms with Gasteiger partial charge in [0.05, 0.1) is 12.1 Å². The van der Waals surface area contributed by atoms with Crippen LogP contribution < -0.4 is 29.6 Å². The summed E-state index contributed by atoms with van der Waals surface area (Å²) in [7, 11) is 0.0641. The summed E-state index contributed by atoms with van der Waals surface area (Å²) in [5.74, 6) is -222. The topological polar surface area (TPSA) is 61.0 Å². The Morgan fingerprint density at radius 1 is 0.184 bits per heavy atom. The van der Waals surface area contributed by atoms with Crippen LogP contribution in [0, 0.1) is 0 Å². The number of hydrogen-bond donors (Lipinski definition) is 2. The van der Waals surface area contributed by atoms with Gasteiger partial charge in [-0.2, -0.15) is 263 Å². The molecule has 0 bridgehead atoms. The van der Waals surface area contributed by atoms with Crippen molar-refractivity contribution >= 4 is 0 Å². The molecule has 2 aromatic carbocycles. The molecule has 0 aliphatic carbocycles. The summed E-state index contributed by atoms with van der Waals surface area (Å²) >= 11 is 0. The van der Waals surface area contributed by atoms with Crippen molar-refractivity contribution in [3.8, 4) is 23.0 Å². The summed E-state index contributed by atoms with van der Waals surface area (Å²) in [6.07, 6.45) is -33.3. The van der Waals surface area contributed by atoms with Gasteiger partial charge in [-0.05, 0) is 49.5 Å². The van der Waals surface area contributed by atoms with Gasteiger partial charge in [0.1, 0.15) is 23.0 Å². The molecule has 0 saturated heterocycles. The molecule has 0 aliphatic rings. The first kappa shape index (κ1) is 103. The van der Waals surface area contributed by atoms with E-state index in [1.807, 2.05) is 0 Å². The minimum atomic E-state index is -9.25. The van der Waals surface area contributed by atoms with Crippen molar-refractivity contribution < 1.29 is 282 Å². The van der Waals surface area contributed by atoms with Crippen molar-refractivity contribution in [2.75, 3.05) is 40.5 Å².